The third-order valence-electron chi connectivity index (χ3n) is 5.38. The Bertz CT molecular complexity index is 1010. The standard InChI is InChI=1S/C18H24N4O2.2C2HF3O2/c1-21-10-14(9-20-21)11-22-12-17(18-16(22)6-4-8-23-18)24-13-15-5-2-3-7-19-15;2*3-2(4,5)1(6)7/h2-3,5,7,9-10,16-18H,4,6,8,11-13H2,1H3;2*(H,6,7)/t16-,17+,18+;;/m0../s1. The monoisotopic (exact) mass is 556 g/mol. The van der Waals surface area contributed by atoms with E-state index in [1.165, 1.54) is 12.0 Å². The summed E-state index contributed by atoms with van der Waals surface area (Å²) in [6.07, 6.45) is -1.76. The summed E-state index contributed by atoms with van der Waals surface area (Å²) < 4.78 is 77.6. The highest BCUT2D eigenvalue weighted by atomic mass is 19.4. The van der Waals surface area contributed by atoms with Crippen LogP contribution < -0.4 is 0 Å². The summed E-state index contributed by atoms with van der Waals surface area (Å²) in [4.78, 5) is 24.6. The molecule has 2 aromatic heterocycles. The largest absolute Gasteiger partial charge is 0.490 e. The second-order valence-corrected chi connectivity index (χ2v) is 8.27. The molecule has 38 heavy (non-hydrogen) atoms. The van der Waals surface area contributed by atoms with Gasteiger partial charge in [-0.2, -0.15) is 31.4 Å². The maximum absolute atomic E-state index is 10.6. The molecule has 10 nitrogen and oxygen atoms in total. The van der Waals surface area contributed by atoms with Gasteiger partial charge in [-0.1, -0.05) is 6.07 Å². The van der Waals surface area contributed by atoms with Gasteiger partial charge in [0.2, 0.25) is 0 Å². The van der Waals surface area contributed by atoms with Gasteiger partial charge in [0.1, 0.15) is 6.10 Å². The van der Waals surface area contributed by atoms with E-state index in [1.54, 1.807) is 0 Å². The molecule has 4 heterocycles. The van der Waals surface area contributed by atoms with E-state index in [-0.39, 0.29) is 12.2 Å². The van der Waals surface area contributed by atoms with Gasteiger partial charge >= 0.3 is 24.3 Å². The molecule has 2 aromatic rings. The zero-order chi connectivity index (χ0) is 28.5. The molecule has 2 N–H and O–H groups in total. The number of aryl methyl sites for hydroxylation is 1. The average molecular weight is 556 g/mol. The van der Waals surface area contributed by atoms with E-state index in [1.807, 2.05) is 42.3 Å². The highest BCUT2D eigenvalue weighted by Crippen LogP contribution is 2.32. The lowest BCUT2D eigenvalue weighted by molar-refractivity contribution is -0.193. The number of hydrogen-bond acceptors (Lipinski definition) is 7. The molecule has 0 unspecified atom stereocenters. The number of rotatable bonds is 5. The fourth-order valence-corrected chi connectivity index (χ4v) is 3.80. The van der Waals surface area contributed by atoms with Crippen LogP contribution in [0, 0.1) is 0 Å². The van der Waals surface area contributed by atoms with Gasteiger partial charge in [0.25, 0.3) is 0 Å². The number of hydrogen-bond donors (Lipinski definition) is 2. The fraction of sp³-hybridized carbons (Fsp3) is 0.545. The van der Waals surface area contributed by atoms with Crippen molar-refractivity contribution in [3.8, 4) is 0 Å². The van der Waals surface area contributed by atoms with Crippen molar-refractivity contribution >= 4 is 11.9 Å². The number of alkyl halides is 6. The smallest absolute Gasteiger partial charge is 0.475 e. The van der Waals surface area contributed by atoms with Crippen LogP contribution in [-0.4, -0.2) is 85.6 Å². The van der Waals surface area contributed by atoms with Crippen LogP contribution in [0.1, 0.15) is 24.1 Å². The Labute approximate surface area is 212 Å². The van der Waals surface area contributed by atoms with Gasteiger partial charge in [-0.25, -0.2) is 9.59 Å². The van der Waals surface area contributed by atoms with Crippen LogP contribution in [0.3, 0.4) is 0 Å². The Morgan fingerprint density at radius 1 is 1.13 bits per heavy atom. The van der Waals surface area contributed by atoms with Gasteiger partial charge in [-0.3, -0.25) is 14.6 Å². The lowest BCUT2D eigenvalue weighted by Gasteiger charge is -2.32. The first-order chi connectivity index (χ1) is 17.7. The van der Waals surface area contributed by atoms with E-state index in [2.05, 4.69) is 21.2 Å². The Balaban J connectivity index is 0.000000301. The molecule has 0 radical (unpaired) electrons. The lowest BCUT2D eigenvalue weighted by Crippen LogP contribution is -2.41. The van der Waals surface area contributed by atoms with Crippen molar-refractivity contribution < 1.29 is 55.6 Å². The molecule has 0 saturated carbocycles. The number of aromatic nitrogens is 3. The van der Waals surface area contributed by atoms with Crippen molar-refractivity contribution in [1.82, 2.24) is 19.7 Å². The zero-order valence-electron chi connectivity index (χ0n) is 20.0. The Morgan fingerprint density at radius 2 is 1.76 bits per heavy atom. The van der Waals surface area contributed by atoms with Crippen molar-refractivity contribution in [3.05, 3.63) is 48.0 Å². The summed E-state index contributed by atoms with van der Waals surface area (Å²) in [7, 11) is 1.96. The molecule has 2 aliphatic heterocycles. The van der Waals surface area contributed by atoms with Crippen molar-refractivity contribution in [3.63, 3.8) is 0 Å². The molecule has 212 valence electrons. The van der Waals surface area contributed by atoms with E-state index in [9.17, 15) is 26.3 Å². The van der Waals surface area contributed by atoms with Crippen LogP contribution in [0.4, 0.5) is 26.3 Å². The quantitative estimate of drug-likeness (QED) is 0.535. The predicted molar refractivity (Wildman–Crippen MR) is 117 cm³/mol. The highest BCUT2D eigenvalue weighted by Gasteiger charge is 2.44. The first-order valence-corrected chi connectivity index (χ1v) is 11.1. The SMILES string of the molecule is Cn1cc(CN2C[C@@H](OCc3ccccn3)[C@@H]3OCCC[C@@H]32)cn1.O=C(O)C(F)(F)F.O=C(O)C(F)(F)F. The van der Waals surface area contributed by atoms with E-state index in [4.69, 9.17) is 29.3 Å². The molecule has 2 aliphatic rings. The summed E-state index contributed by atoms with van der Waals surface area (Å²) in [5.41, 5.74) is 2.21. The molecular weight excluding hydrogens is 530 g/mol. The molecule has 16 heteroatoms. The second-order valence-electron chi connectivity index (χ2n) is 8.27. The van der Waals surface area contributed by atoms with E-state index in [0.29, 0.717) is 12.6 Å². The van der Waals surface area contributed by atoms with E-state index < -0.39 is 24.3 Å². The number of carbonyl (C=O) groups is 2. The molecule has 0 bridgehead atoms. The van der Waals surface area contributed by atoms with Gasteiger partial charge in [0, 0.05) is 50.7 Å². The number of aliphatic carboxylic acids is 2. The van der Waals surface area contributed by atoms with Crippen molar-refractivity contribution in [2.75, 3.05) is 13.2 Å². The molecule has 2 fully saturated rings. The predicted octanol–water partition coefficient (Wildman–Crippen LogP) is 3.03. The minimum atomic E-state index is -5.08. The summed E-state index contributed by atoms with van der Waals surface area (Å²) in [5, 5.41) is 18.5. The van der Waals surface area contributed by atoms with Crippen LogP contribution >= 0.6 is 0 Å². The van der Waals surface area contributed by atoms with Crippen LogP contribution in [-0.2, 0) is 39.3 Å². The maximum Gasteiger partial charge on any atom is 0.490 e. The zero-order valence-corrected chi connectivity index (χ0v) is 20.0. The molecule has 0 spiro atoms. The number of ether oxygens (including phenoxy) is 2. The molecular formula is C22H26F6N4O6. The Morgan fingerprint density at radius 3 is 2.26 bits per heavy atom. The minimum absolute atomic E-state index is 0.106. The molecule has 2 saturated heterocycles. The number of likely N-dealkylation sites (tertiary alicyclic amines) is 1. The summed E-state index contributed by atoms with van der Waals surface area (Å²) in [6.45, 7) is 3.18. The topological polar surface area (TPSA) is 127 Å². The van der Waals surface area contributed by atoms with Crippen LogP contribution in [0.2, 0.25) is 0 Å². The van der Waals surface area contributed by atoms with E-state index >= 15 is 0 Å². The first kappa shape index (κ1) is 31.0. The average Bonchev–Trinajstić information content (AvgIpc) is 3.41. The van der Waals surface area contributed by atoms with Crippen LogP contribution in [0.25, 0.3) is 0 Å². The Hall–Kier alpha value is -3.24. The summed E-state index contributed by atoms with van der Waals surface area (Å²) >= 11 is 0. The minimum Gasteiger partial charge on any atom is -0.475 e. The number of halogens is 6. The van der Waals surface area contributed by atoms with Gasteiger partial charge in [0.05, 0.1) is 24.6 Å². The molecule has 4 rings (SSSR count). The van der Waals surface area contributed by atoms with Gasteiger partial charge < -0.3 is 19.7 Å². The molecule has 0 aromatic carbocycles. The number of fused-ring (bicyclic) bond motifs is 1. The highest BCUT2D eigenvalue weighted by molar-refractivity contribution is 5.73. The van der Waals surface area contributed by atoms with Crippen LogP contribution in [0.15, 0.2) is 36.8 Å². The molecule has 0 aliphatic carbocycles. The lowest BCUT2D eigenvalue weighted by atomic mass is 10.0. The van der Waals surface area contributed by atoms with Gasteiger partial charge in [-0.05, 0) is 25.0 Å². The third-order valence-corrected chi connectivity index (χ3v) is 5.38. The summed E-state index contributed by atoms with van der Waals surface area (Å²) in [5.74, 6) is -5.51. The second kappa shape index (κ2) is 13.5. The van der Waals surface area contributed by atoms with Crippen molar-refractivity contribution in [2.24, 2.45) is 7.05 Å². The van der Waals surface area contributed by atoms with Crippen LogP contribution in [0.5, 0.6) is 0 Å². The van der Waals surface area contributed by atoms with Crippen molar-refractivity contribution in [1.29, 1.82) is 0 Å². The van der Waals surface area contributed by atoms with Gasteiger partial charge in [0.15, 0.2) is 0 Å². The number of nitrogens with zero attached hydrogens (tertiary/aromatic N) is 4. The first-order valence-electron chi connectivity index (χ1n) is 11.1. The van der Waals surface area contributed by atoms with Gasteiger partial charge in [-0.15, -0.1) is 0 Å². The number of carboxylic acids is 2. The van der Waals surface area contributed by atoms with Crippen molar-refractivity contribution in [2.45, 2.75) is 56.6 Å². The molecule has 0 amide bonds. The third kappa shape index (κ3) is 9.90. The number of carboxylic acid groups (broad SMARTS) is 2. The number of pyridine rings is 1. The molecule has 3 atom stereocenters. The maximum atomic E-state index is 10.6. The fourth-order valence-electron chi connectivity index (χ4n) is 3.80. The normalized spacial score (nSPS) is 21.4. The summed E-state index contributed by atoms with van der Waals surface area (Å²) in [6, 6.07) is 6.36. The van der Waals surface area contributed by atoms with E-state index in [0.717, 1.165) is 31.8 Å². The Kier molecular flexibility index (Phi) is 11.0.